The first-order valence-electron chi connectivity index (χ1n) is 6.04. The van der Waals surface area contributed by atoms with Gasteiger partial charge >= 0.3 is 5.97 Å². The number of rotatable bonds is 8. The number of esters is 1. The molecule has 3 heteroatoms. The standard InChI is InChI=1S/C14H20O3/c1-13(15)17-11-6-5-10-16-12-9-14-7-3-2-4-8-14/h2-4,7-8H,5-6,9-12H2,1H3. The molecular formula is C14H20O3. The van der Waals surface area contributed by atoms with Crippen molar-refractivity contribution in [2.45, 2.75) is 26.2 Å². The van der Waals surface area contributed by atoms with Crippen molar-refractivity contribution >= 4 is 5.97 Å². The normalized spacial score (nSPS) is 10.2. The highest BCUT2D eigenvalue weighted by molar-refractivity contribution is 5.65. The van der Waals surface area contributed by atoms with Crippen molar-refractivity contribution < 1.29 is 14.3 Å². The van der Waals surface area contributed by atoms with Crippen LogP contribution >= 0.6 is 0 Å². The van der Waals surface area contributed by atoms with Crippen LogP contribution in [0.3, 0.4) is 0 Å². The number of ether oxygens (including phenoxy) is 2. The molecule has 0 amide bonds. The van der Waals surface area contributed by atoms with Gasteiger partial charge in [0.25, 0.3) is 0 Å². The van der Waals surface area contributed by atoms with Crippen molar-refractivity contribution in [3.63, 3.8) is 0 Å². The smallest absolute Gasteiger partial charge is 0.302 e. The van der Waals surface area contributed by atoms with Gasteiger partial charge in [-0.3, -0.25) is 4.79 Å². The van der Waals surface area contributed by atoms with Crippen molar-refractivity contribution in [2.75, 3.05) is 19.8 Å². The summed E-state index contributed by atoms with van der Waals surface area (Å²) >= 11 is 0. The Morgan fingerprint density at radius 3 is 2.47 bits per heavy atom. The van der Waals surface area contributed by atoms with Gasteiger partial charge in [-0.1, -0.05) is 30.3 Å². The zero-order valence-corrected chi connectivity index (χ0v) is 10.4. The summed E-state index contributed by atoms with van der Waals surface area (Å²) in [6.07, 6.45) is 2.75. The molecule has 0 radical (unpaired) electrons. The van der Waals surface area contributed by atoms with Crippen LogP contribution in [0, 0.1) is 0 Å². The number of hydrogen-bond acceptors (Lipinski definition) is 3. The van der Waals surface area contributed by atoms with Gasteiger partial charge in [-0.25, -0.2) is 0 Å². The lowest BCUT2D eigenvalue weighted by atomic mass is 10.2. The second kappa shape index (κ2) is 8.76. The zero-order chi connectivity index (χ0) is 12.3. The van der Waals surface area contributed by atoms with Gasteiger partial charge in [0, 0.05) is 13.5 Å². The van der Waals surface area contributed by atoms with Crippen molar-refractivity contribution in [2.24, 2.45) is 0 Å². The van der Waals surface area contributed by atoms with Crippen LogP contribution in [-0.4, -0.2) is 25.8 Å². The summed E-state index contributed by atoms with van der Waals surface area (Å²) in [5, 5.41) is 0. The zero-order valence-electron chi connectivity index (χ0n) is 10.4. The minimum Gasteiger partial charge on any atom is -0.466 e. The highest BCUT2D eigenvalue weighted by Crippen LogP contribution is 2.00. The molecule has 0 N–H and O–H groups in total. The van der Waals surface area contributed by atoms with E-state index in [-0.39, 0.29) is 5.97 Å². The summed E-state index contributed by atoms with van der Waals surface area (Å²) in [7, 11) is 0. The first kappa shape index (κ1) is 13.7. The van der Waals surface area contributed by atoms with Gasteiger partial charge < -0.3 is 9.47 Å². The fourth-order valence-corrected chi connectivity index (χ4v) is 1.46. The van der Waals surface area contributed by atoms with E-state index in [4.69, 9.17) is 9.47 Å². The van der Waals surface area contributed by atoms with Gasteiger partial charge in [0.05, 0.1) is 13.2 Å². The van der Waals surface area contributed by atoms with E-state index >= 15 is 0 Å². The van der Waals surface area contributed by atoms with Gasteiger partial charge in [-0.15, -0.1) is 0 Å². The topological polar surface area (TPSA) is 35.5 Å². The van der Waals surface area contributed by atoms with E-state index in [2.05, 4.69) is 12.1 Å². The van der Waals surface area contributed by atoms with Crippen LogP contribution in [0.15, 0.2) is 30.3 Å². The van der Waals surface area contributed by atoms with Crippen LogP contribution in [0.4, 0.5) is 0 Å². The highest BCUT2D eigenvalue weighted by atomic mass is 16.5. The first-order chi connectivity index (χ1) is 8.29. The highest BCUT2D eigenvalue weighted by Gasteiger charge is 1.94. The van der Waals surface area contributed by atoms with Gasteiger partial charge in [0.15, 0.2) is 0 Å². The predicted octanol–water partition coefficient (Wildman–Crippen LogP) is 2.59. The van der Waals surface area contributed by atoms with Gasteiger partial charge in [0.1, 0.15) is 0 Å². The quantitative estimate of drug-likeness (QED) is 0.514. The van der Waals surface area contributed by atoms with Gasteiger partial charge in [-0.05, 0) is 24.8 Å². The summed E-state index contributed by atoms with van der Waals surface area (Å²) in [5.74, 6) is -0.213. The second-order valence-electron chi connectivity index (χ2n) is 3.90. The maximum Gasteiger partial charge on any atom is 0.302 e. The lowest BCUT2D eigenvalue weighted by Gasteiger charge is -2.04. The van der Waals surface area contributed by atoms with Crippen molar-refractivity contribution in [1.29, 1.82) is 0 Å². The van der Waals surface area contributed by atoms with Crippen LogP contribution in [0.25, 0.3) is 0 Å². The lowest BCUT2D eigenvalue weighted by molar-refractivity contribution is -0.141. The number of carbonyl (C=O) groups excluding carboxylic acids is 1. The van der Waals surface area contributed by atoms with Gasteiger partial charge in [-0.2, -0.15) is 0 Å². The third-order valence-corrected chi connectivity index (χ3v) is 2.37. The van der Waals surface area contributed by atoms with E-state index < -0.39 is 0 Å². The van der Waals surface area contributed by atoms with Crippen molar-refractivity contribution in [3.8, 4) is 0 Å². The van der Waals surface area contributed by atoms with Crippen molar-refractivity contribution in [1.82, 2.24) is 0 Å². The molecule has 0 heterocycles. The Morgan fingerprint density at radius 1 is 1.06 bits per heavy atom. The Hall–Kier alpha value is -1.35. The van der Waals surface area contributed by atoms with Crippen molar-refractivity contribution in [3.05, 3.63) is 35.9 Å². The molecule has 1 aromatic rings. The summed E-state index contributed by atoms with van der Waals surface area (Å²) in [6, 6.07) is 10.3. The van der Waals surface area contributed by atoms with E-state index in [1.807, 2.05) is 18.2 Å². The average molecular weight is 236 g/mol. The van der Waals surface area contributed by atoms with E-state index in [1.54, 1.807) is 0 Å². The van der Waals surface area contributed by atoms with Crippen LogP contribution in [-0.2, 0) is 20.7 Å². The second-order valence-corrected chi connectivity index (χ2v) is 3.90. The fourth-order valence-electron chi connectivity index (χ4n) is 1.46. The molecule has 94 valence electrons. The minimum absolute atomic E-state index is 0.213. The van der Waals surface area contributed by atoms with Crippen LogP contribution in [0.2, 0.25) is 0 Å². The summed E-state index contributed by atoms with van der Waals surface area (Å²) < 4.78 is 10.3. The lowest BCUT2D eigenvalue weighted by Crippen LogP contribution is -2.04. The molecule has 0 spiro atoms. The molecule has 0 atom stereocenters. The molecule has 0 bridgehead atoms. The largest absolute Gasteiger partial charge is 0.466 e. The Morgan fingerprint density at radius 2 is 1.76 bits per heavy atom. The Labute approximate surface area is 103 Å². The minimum atomic E-state index is -0.213. The molecule has 0 saturated heterocycles. The molecule has 0 fully saturated rings. The van der Waals surface area contributed by atoms with Gasteiger partial charge in [0.2, 0.25) is 0 Å². The maximum atomic E-state index is 10.5. The third kappa shape index (κ3) is 7.53. The molecule has 1 rings (SSSR count). The van der Waals surface area contributed by atoms with E-state index in [0.29, 0.717) is 6.61 Å². The number of carbonyl (C=O) groups is 1. The Balaban J connectivity index is 1.90. The fraction of sp³-hybridized carbons (Fsp3) is 0.500. The van der Waals surface area contributed by atoms with Crippen LogP contribution in [0.5, 0.6) is 0 Å². The number of unbranched alkanes of at least 4 members (excludes halogenated alkanes) is 1. The Kier molecular flexibility index (Phi) is 7.07. The third-order valence-electron chi connectivity index (χ3n) is 2.37. The first-order valence-corrected chi connectivity index (χ1v) is 6.04. The van der Waals surface area contributed by atoms with E-state index in [9.17, 15) is 4.79 Å². The molecule has 3 nitrogen and oxygen atoms in total. The van der Waals surface area contributed by atoms with Crippen LogP contribution < -0.4 is 0 Å². The van der Waals surface area contributed by atoms with E-state index in [1.165, 1.54) is 12.5 Å². The monoisotopic (exact) mass is 236 g/mol. The number of hydrogen-bond donors (Lipinski definition) is 0. The molecule has 0 saturated carbocycles. The molecule has 0 unspecified atom stereocenters. The number of benzene rings is 1. The summed E-state index contributed by atoms with van der Waals surface area (Å²) in [6.45, 7) is 3.40. The predicted molar refractivity (Wildman–Crippen MR) is 66.8 cm³/mol. The average Bonchev–Trinajstić information content (AvgIpc) is 2.33. The summed E-state index contributed by atoms with van der Waals surface area (Å²) in [5.41, 5.74) is 1.30. The van der Waals surface area contributed by atoms with E-state index in [0.717, 1.165) is 32.5 Å². The molecule has 0 aliphatic rings. The summed E-state index contributed by atoms with van der Waals surface area (Å²) in [4.78, 5) is 10.5. The maximum absolute atomic E-state index is 10.5. The van der Waals surface area contributed by atoms with Crippen LogP contribution in [0.1, 0.15) is 25.3 Å². The molecule has 0 aromatic heterocycles. The molecule has 0 aliphatic carbocycles. The molecular weight excluding hydrogens is 216 g/mol. The molecule has 1 aromatic carbocycles. The SMILES string of the molecule is CC(=O)OCCCCOCCc1ccccc1. The molecule has 0 aliphatic heterocycles. The molecule has 17 heavy (non-hydrogen) atoms. The Bertz CT molecular complexity index is 309.